The number of hydrogen-bond donors (Lipinski definition) is 4. The van der Waals surface area contributed by atoms with Gasteiger partial charge in [0.15, 0.2) is 5.82 Å². The van der Waals surface area contributed by atoms with Crippen molar-refractivity contribution in [2.45, 2.75) is 44.3 Å². The second kappa shape index (κ2) is 10.6. The molecule has 0 radical (unpaired) electrons. The molecule has 0 spiro atoms. The van der Waals surface area contributed by atoms with Gasteiger partial charge in [-0.1, -0.05) is 11.3 Å². The molecule has 4 N–H and O–H groups in total. The number of rotatable bonds is 7. The first-order chi connectivity index (χ1) is 19.4. The lowest BCUT2D eigenvalue weighted by atomic mass is 9.92. The molecule has 3 aromatic heterocycles. The number of anilines is 1. The Bertz CT molecular complexity index is 1650. The molecular formula is C26H27FN8O4S. The number of aliphatic hydroxyl groups excluding tert-OH is 3. The van der Waals surface area contributed by atoms with Crippen LogP contribution in [0.2, 0.25) is 0 Å². The molecule has 0 aliphatic carbocycles. The second-order valence-corrected chi connectivity index (χ2v) is 10.7. The van der Waals surface area contributed by atoms with Crippen LogP contribution in [0.5, 0.6) is 0 Å². The van der Waals surface area contributed by atoms with E-state index in [1.165, 1.54) is 23.3 Å². The van der Waals surface area contributed by atoms with Crippen LogP contribution in [0.4, 0.5) is 10.1 Å². The van der Waals surface area contributed by atoms with Gasteiger partial charge in [0.2, 0.25) is 0 Å². The van der Waals surface area contributed by atoms with Crippen LogP contribution in [-0.4, -0.2) is 81.5 Å². The van der Waals surface area contributed by atoms with E-state index in [9.17, 15) is 19.7 Å². The molecule has 0 unspecified atom stereocenters. The van der Waals surface area contributed by atoms with Gasteiger partial charge in [0.05, 0.1) is 39.4 Å². The maximum Gasteiger partial charge on any atom is 0.163 e. The zero-order valence-electron chi connectivity index (χ0n) is 21.6. The maximum absolute atomic E-state index is 14.5. The van der Waals surface area contributed by atoms with Crippen molar-refractivity contribution >= 4 is 27.2 Å². The molecule has 14 heteroatoms. The molecule has 1 saturated heterocycles. The molecular weight excluding hydrogens is 539 g/mol. The average Bonchev–Trinajstić information content (AvgIpc) is 3.69. The smallest absolute Gasteiger partial charge is 0.163 e. The zero-order chi connectivity index (χ0) is 28.0. The molecule has 2 aromatic carbocycles. The minimum atomic E-state index is -1.35. The van der Waals surface area contributed by atoms with Gasteiger partial charge in [-0.15, -0.1) is 16.4 Å². The van der Waals surface area contributed by atoms with E-state index in [1.807, 2.05) is 32.0 Å². The van der Waals surface area contributed by atoms with Gasteiger partial charge in [0.1, 0.15) is 48.3 Å². The van der Waals surface area contributed by atoms with Crippen molar-refractivity contribution in [2.24, 2.45) is 0 Å². The van der Waals surface area contributed by atoms with Crippen LogP contribution in [-0.2, 0) is 4.74 Å². The summed E-state index contributed by atoms with van der Waals surface area (Å²) in [4.78, 5) is 8.85. The molecule has 4 heterocycles. The first-order valence-corrected chi connectivity index (χ1v) is 13.5. The van der Waals surface area contributed by atoms with Gasteiger partial charge in [-0.25, -0.2) is 23.7 Å². The third-order valence-electron chi connectivity index (χ3n) is 6.89. The summed E-state index contributed by atoms with van der Waals surface area (Å²) < 4.78 is 24.3. The summed E-state index contributed by atoms with van der Waals surface area (Å²) in [6.45, 7) is 3.87. The summed E-state index contributed by atoms with van der Waals surface area (Å²) in [7, 11) is 0. The van der Waals surface area contributed by atoms with Crippen LogP contribution >= 0.6 is 11.3 Å². The Labute approximate surface area is 231 Å². The van der Waals surface area contributed by atoms with Crippen molar-refractivity contribution in [3.05, 3.63) is 65.6 Å². The lowest BCUT2D eigenvalue weighted by Gasteiger charge is -2.41. The number of aromatic nitrogens is 7. The number of nitrogens with zero attached hydrogens (tertiary/aromatic N) is 7. The van der Waals surface area contributed by atoms with Crippen molar-refractivity contribution in [3.8, 4) is 16.9 Å². The normalized spacial score (nSPS) is 23.1. The second-order valence-electron chi connectivity index (χ2n) is 9.47. The Kier molecular flexibility index (Phi) is 7.02. The maximum atomic E-state index is 14.5. The van der Waals surface area contributed by atoms with Crippen molar-refractivity contribution in [3.63, 3.8) is 0 Å². The highest BCUT2D eigenvalue weighted by molar-refractivity contribution is 7.18. The van der Waals surface area contributed by atoms with E-state index >= 15 is 0 Å². The summed E-state index contributed by atoms with van der Waals surface area (Å²) in [5.41, 5.74) is 2.75. The van der Waals surface area contributed by atoms with Crippen LogP contribution in [0.25, 0.3) is 27.2 Å². The predicted molar refractivity (Wildman–Crippen MR) is 145 cm³/mol. The fourth-order valence-electron chi connectivity index (χ4n) is 4.99. The van der Waals surface area contributed by atoms with Crippen molar-refractivity contribution in [2.75, 3.05) is 18.5 Å². The van der Waals surface area contributed by atoms with Crippen molar-refractivity contribution in [1.82, 2.24) is 34.7 Å². The molecule has 5 aromatic rings. The number of aliphatic hydroxyl groups is 3. The summed E-state index contributed by atoms with van der Waals surface area (Å²) in [5, 5.41) is 49.0. The predicted octanol–water partition coefficient (Wildman–Crippen LogP) is 2.41. The van der Waals surface area contributed by atoms with Crippen LogP contribution in [0.15, 0.2) is 48.9 Å². The minimum Gasteiger partial charge on any atom is -0.394 e. The molecule has 5 atom stereocenters. The van der Waals surface area contributed by atoms with Crippen LogP contribution < -0.4 is 5.32 Å². The minimum absolute atomic E-state index is 0.282. The first kappa shape index (κ1) is 26.4. The Hall–Kier alpha value is -3.82. The van der Waals surface area contributed by atoms with Gasteiger partial charge in [-0.05, 0) is 44.2 Å². The highest BCUT2D eigenvalue weighted by Gasteiger charge is 2.48. The van der Waals surface area contributed by atoms with Crippen LogP contribution in [0, 0.1) is 12.7 Å². The quantitative estimate of drug-likeness (QED) is 0.231. The van der Waals surface area contributed by atoms with Crippen LogP contribution in [0.3, 0.4) is 0 Å². The molecule has 0 amide bonds. The summed E-state index contributed by atoms with van der Waals surface area (Å²) >= 11 is 1.55. The van der Waals surface area contributed by atoms with Gasteiger partial charge >= 0.3 is 0 Å². The van der Waals surface area contributed by atoms with E-state index in [4.69, 9.17) is 4.74 Å². The van der Waals surface area contributed by atoms with E-state index in [2.05, 4.69) is 30.7 Å². The summed E-state index contributed by atoms with van der Waals surface area (Å²) in [6.07, 6.45) is -1.94. The number of ether oxygens (including phenoxy) is 1. The highest BCUT2D eigenvalue weighted by atomic mass is 32.1. The van der Waals surface area contributed by atoms with E-state index < -0.39 is 42.9 Å². The largest absolute Gasteiger partial charge is 0.394 e. The standard InChI is InChI=1S/C26H27FN8O4S/c1-3-28-17-6-4-14(8-16(17)27)19-10-34(33-32-19)22-23(37)20(11-36)39-25(24(22)38)26-29-12-30-35(26)15-5-7-18-21(9-15)40-13(2)31-18/h4-10,12,20,22-25,28,36-38H,3,11H2,1-2H3/t20-,22+,23+,24-,25-/m1/s1. The molecule has 1 fully saturated rings. The van der Waals surface area contributed by atoms with E-state index in [-0.39, 0.29) is 5.82 Å². The Morgan fingerprint density at radius 3 is 2.77 bits per heavy atom. The van der Waals surface area contributed by atoms with Gasteiger partial charge in [0.25, 0.3) is 0 Å². The van der Waals surface area contributed by atoms with Crippen molar-refractivity contribution in [1.29, 1.82) is 0 Å². The van der Waals surface area contributed by atoms with E-state index in [0.717, 1.165) is 15.2 Å². The number of nitrogens with one attached hydrogen (secondary N) is 1. The lowest BCUT2D eigenvalue weighted by Crippen LogP contribution is -2.53. The van der Waals surface area contributed by atoms with E-state index in [1.54, 1.807) is 28.2 Å². The third-order valence-corrected chi connectivity index (χ3v) is 7.83. The molecule has 1 aliphatic heterocycles. The molecule has 0 bridgehead atoms. The summed E-state index contributed by atoms with van der Waals surface area (Å²) in [6, 6.07) is 9.25. The number of fused-ring (bicyclic) bond motifs is 1. The van der Waals surface area contributed by atoms with Gasteiger partial charge in [-0.3, -0.25) is 0 Å². The molecule has 12 nitrogen and oxygen atoms in total. The zero-order valence-corrected chi connectivity index (χ0v) is 22.4. The highest BCUT2D eigenvalue weighted by Crippen LogP contribution is 2.38. The molecule has 208 valence electrons. The number of benzene rings is 2. The van der Waals surface area contributed by atoms with E-state index in [0.29, 0.717) is 29.2 Å². The molecule has 6 rings (SSSR count). The molecule has 1 aliphatic rings. The van der Waals surface area contributed by atoms with Crippen LogP contribution in [0.1, 0.15) is 29.9 Å². The average molecular weight is 567 g/mol. The Morgan fingerprint density at radius 1 is 1.15 bits per heavy atom. The van der Waals surface area contributed by atoms with Crippen molar-refractivity contribution < 1.29 is 24.4 Å². The monoisotopic (exact) mass is 566 g/mol. The van der Waals surface area contributed by atoms with Gasteiger partial charge < -0.3 is 25.4 Å². The number of thiazole rings is 1. The summed E-state index contributed by atoms with van der Waals surface area (Å²) in [5.74, 6) is -0.156. The fraction of sp³-hybridized carbons (Fsp3) is 0.346. The lowest BCUT2D eigenvalue weighted by molar-refractivity contribution is -0.210. The number of hydrogen-bond acceptors (Lipinski definition) is 11. The number of aryl methyl sites for hydroxylation is 1. The first-order valence-electron chi connectivity index (χ1n) is 12.7. The van der Waals surface area contributed by atoms with Gasteiger partial charge in [-0.2, -0.15) is 5.10 Å². The molecule has 40 heavy (non-hydrogen) atoms. The number of halogens is 1. The Morgan fingerprint density at radius 2 is 2.00 bits per heavy atom. The third kappa shape index (κ3) is 4.63. The topological polar surface area (TPSA) is 156 Å². The SMILES string of the molecule is CCNc1ccc(-c2cn([C@H]3[C@@H](O)[C@@H](CO)O[C@@H](c4ncnn4-c4ccc5nc(C)sc5c4)[C@@H]3O)nn2)cc1F. The fourth-order valence-corrected chi connectivity index (χ4v) is 5.85. The Balaban J connectivity index is 1.33. The molecule has 0 saturated carbocycles. The van der Waals surface area contributed by atoms with Gasteiger partial charge in [0, 0.05) is 12.1 Å².